The van der Waals surface area contributed by atoms with Crippen molar-refractivity contribution < 1.29 is 4.39 Å². The Morgan fingerprint density at radius 3 is 2.85 bits per heavy atom. The molecule has 0 aromatic carbocycles. The van der Waals surface area contributed by atoms with Gasteiger partial charge in [-0.1, -0.05) is 13.0 Å². The zero-order valence-corrected chi connectivity index (χ0v) is 7.78. The normalized spacial score (nSPS) is 15.3. The predicted molar refractivity (Wildman–Crippen MR) is 51.1 cm³/mol. The quantitative estimate of drug-likeness (QED) is 0.769. The molecule has 0 radical (unpaired) electrons. The third-order valence-corrected chi connectivity index (χ3v) is 2.03. The number of rotatable bonds is 4. The highest BCUT2D eigenvalue weighted by molar-refractivity contribution is 5.05. The van der Waals surface area contributed by atoms with Crippen molar-refractivity contribution in [3.05, 3.63) is 30.1 Å². The van der Waals surface area contributed by atoms with Crippen molar-refractivity contribution in [2.45, 2.75) is 32.0 Å². The second-order valence-corrected chi connectivity index (χ2v) is 3.11. The molecule has 0 unspecified atom stereocenters. The molecule has 2 atom stereocenters. The average molecular weight is 182 g/mol. The zero-order chi connectivity index (χ0) is 9.68. The lowest BCUT2D eigenvalue weighted by Gasteiger charge is -2.14. The summed E-state index contributed by atoms with van der Waals surface area (Å²) < 4.78 is 13.1. The van der Waals surface area contributed by atoms with Gasteiger partial charge in [-0.3, -0.25) is 4.98 Å². The summed E-state index contributed by atoms with van der Waals surface area (Å²) in [7, 11) is 0. The summed E-state index contributed by atoms with van der Waals surface area (Å²) >= 11 is 0. The molecule has 1 aromatic heterocycles. The van der Waals surface area contributed by atoms with Crippen molar-refractivity contribution in [2.75, 3.05) is 0 Å². The van der Waals surface area contributed by atoms with Crippen LogP contribution in [0.25, 0.3) is 0 Å². The smallest absolute Gasteiger partial charge is 0.115 e. The molecule has 0 saturated heterocycles. The van der Waals surface area contributed by atoms with Crippen LogP contribution in [0.1, 0.15) is 19.0 Å². The molecule has 0 aliphatic carbocycles. The lowest BCUT2D eigenvalue weighted by Crippen LogP contribution is -2.33. The van der Waals surface area contributed by atoms with Gasteiger partial charge in [0.25, 0.3) is 0 Å². The van der Waals surface area contributed by atoms with Gasteiger partial charge in [-0.25, -0.2) is 4.39 Å². The van der Waals surface area contributed by atoms with Gasteiger partial charge < -0.3 is 5.73 Å². The third kappa shape index (κ3) is 3.11. The minimum absolute atomic E-state index is 0.431. The van der Waals surface area contributed by atoms with Crippen LogP contribution in [0, 0.1) is 0 Å². The maximum absolute atomic E-state index is 13.1. The standard InChI is InChI=1S/C10H15FN2/c1-2-9(11)10(12)7-8-5-3-4-6-13-8/h3-6,9-10H,2,7,12H2,1H3/t9-,10-/m1/s1. The van der Waals surface area contributed by atoms with Gasteiger partial charge in [-0.15, -0.1) is 0 Å². The van der Waals surface area contributed by atoms with Crippen LogP contribution in [0.4, 0.5) is 4.39 Å². The molecule has 2 nitrogen and oxygen atoms in total. The summed E-state index contributed by atoms with van der Waals surface area (Å²) in [5.41, 5.74) is 6.50. The Labute approximate surface area is 78.0 Å². The maximum atomic E-state index is 13.1. The van der Waals surface area contributed by atoms with E-state index in [4.69, 9.17) is 5.73 Å². The van der Waals surface area contributed by atoms with Crippen LogP contribution in [-0.4, -0.2) is 17.2 Å². The summed E-state index contributed by atoms with van der Waals surface area (Å²) in [4.78, 5) is 4.09. The first-order valence-corrected chi connectivity index (χ1v) is 4.53. The van der Waals surface area contributed by atoms with Crippen LogP contribution in [0.15, 0.2) is 24.4 Å². The van der Waals surface area contributed by atoms with Crippen LogP contribution < -0.4 is 5.73 Å². The van der Waals surface area contributed by atoms with Crippen LogP contribution in [0.3, 0.4) is 0 Å². The van der Waals surface area contributed by atoms with Crippen molar-refractivity contribution in [2.24, 2.45) is 5.73 Å². The van der Waals surface area contributed by atoms with Crippen molar-refractivity contribution >= 4 is 0 Å². The first kappa shape index (κ1) is 10.1. The van der Waals surface area contributed by atoms with Crippen LogP contribution in [-0.2, 0) is 6.42 Å². The fourth-order valence-corrected chi connectivity index (χ4v) is 1.19. The number of aromatic nitrogens is 1. The molecule has 0 aliphatic heterocycles. The summed E-state index contributed by atoms with van der Waals surface area (Å²) in [6.45, 7) is 1.79. The van der Waals surface area contributed by atoms with E-state index in [1.54, 1.807) is 13.1 Å². The first-order valence-electron chi connectivity index (χ1n) is 4.53. The largest absolute Gasteiger partial charge is 0.325 e. The summed E-state index contributed by atoms with van der Waals surface area (Å²) in [5.74, 6) is 0. The van der Waals surface area contributed by atoms with Gasteiger partial charge in [0.2, 0.25) is 0 Å². The van der Waals surface area contributed by atoms with Gasteiger partial charge >= 0.3 is 0 Å². The van der Waals surface area contributed by atoms with E-state index < -0.39 is 12.2 Å². The predicted octanol–water partition coefficient (Wildman–Crippen LogP) is 1.70. The average Bonchev–Trinajstić information content (AvgIpc) is 2.18. The Morgan fingerprint density at radius 1 is 1.54 bits per heavy atom. The molecule has 72 valence electrons. The van der Waals surface area contributed by atoms with E-state index in [2.05, 4.69) is 4.98 Å². The van der Waals surface area contributed by atoms with Gasteiger partial charge in [0.1, 0.15) is 6.17 Å². The summed E-state index contributed by atoms with van der Waals surface area (Å²) in [5, 5.41) is 0. The Kier molecular flexibility index (Phi) is 3.83. The Bertz CT molecular complexity index is 238. The monoisotopic (exact) mass is 182 g/mol. The highest BCUT2D eigenvalue weighted by atomic mass is 19.1. The van der Waals surface area contributed by atoms with E-state index in [1.807, 2.05) is 18.2 Å². The molecular weight excluding hydrogens is 167 g/mol. The van der Waals surface area contributed by atoms with Gasteiger partial charge in [0.15, 0.2) is 0 Å². The zero-order valence-electron chi connectivity index (χ0n) is 7.78. The van der Waals surface area contributed by atoms with E-state index >= 15 is 0 Å². The van der Waals surface area contributed by atoms with E-state index in [-0.39, 0.29) is 0 Å². The molecule has 1 heterocycles. The number of halogens is 1. The lowest BCUT2D eigenvalue weighted by atomic mass is 10.1. The van der Waals surface area contributed by atoms with Gasteiger partial charge in [0, 0.05) is 24.4 Å². The molecular formula is C10H15FN2. The molecule has 0 spiro atoms. The van der Waals surface area contributed by atoms with Crippen LogP contribution in [0.5, 0.6) is 0 Å². The number of nitrogens with zero attached hydrogens (tertiary/aromatic N) is 1. The lowest BCUT2D eigenvalue weighted by molar-refractivity contribution is 0.271. The molecule has 0 aliphatic rings. The fraction of sp³-hybridized carbons (Fsp3) is 0.500. The molecule has 0 fully saturated rings. The molecule has 2 N–H and O–H groups in total. The third-order valence-electron chi connectivity index (χ3n) is 2.03. The second kappa shape index (κ2) is 4.92. The number of hydrogen-bond acceptors (Lipinski definition) is 2. The molecule has 0 bridgehead atoms. The van der Waals surface area contributed by atoms with Crippen LogP contribution in [0.2, 0.25) is 0 Å². The van der Waals surface area contributed by atoms with Gasteiger partial charge in [-0.2, -0.15) is 0 Å². The van der Waals surface area contributed by atoms with Gasteiger partial charge in [-0.05, 0) is 18.6 Å². The molecule has 0 saturated carbocycles. The van der Waals surface area contributed by atoms with Crippen LogP contribution >= 0.6 is 0 Å². The van der Waals surface area contributed by atoms with E-state index in [0.717, 1.165) is 5.69 Å². The second-order valence-electron chi connectivity index (χ2n) is 3.11. The minimum Gasteiger partial charge on any atom is -0.325 e. The number of hydrogen-bond donors (Lipinski definition) is 1. The Morgan fingerprint density at radius 2 is 2.31 bits per heavy atom. The molecule has 13 heavy (non-hydrogen) atoms. The minimum atomic E-state index is -0.929. The van der Waals surface area contributed by atoms with Crippen molar-refractivity contribution in [3.63, 3.8) is 0 Å². The molecule has 3 heteroatoms. The van der Waals surface area contributed by atoms with Gasteiger partial charge in [0.05, 0.1) is 0 Å². The number of pyridine rings is 1. The van der Waals surface area contributed by atoms with E-state index in [1.165, 1.54) is 0 Å². The number of alkyl halides is 1. The molecule has 1 rings (SSSR count). The van der Waals surface area contributed by atoms with Crippen molar-refractivity contribution in [3.8, 4) is 0 Å². The van der Waals surface area contributed by atoms with E-state index in [0.29, 0.717) is 12.8 Å². The SMILES string of the molecule is CC[C@@H](F)[C@H](N)Cc1ccccn1. The fourth-order valence-electron chi connectivity index (χ4n) is 1.19. The number of nitrogens with two attached hydrogens (primary N) is 1. The Hall–Kier alpha value is -0.960. The molecule has 1 aromatic rings. The maximum Gasteiger partial charge on any atom is 0.115 e. The first-order chi connectivity index (χ1) is 6.24. The highest BCUT2D eigenvalue weighted by Crippen LogP contribution is 2.06. The van der Waals surface area contributed by atoms with Crippen molar-refractivity contribution in [1.82, 2.24) is 4.98 Å². The topological polar surface area (TPSA) is 38.9 Å². The van der Waals surface area contributed by atoms with E-state index in [9.17, 15) is 4.39 Å². The Balaban J connectivity index is 2.50. The van der Waals surface area contributed by atoms with Crippen molar-refractivity contribution in [1.29, 1.82) is 0 Å². The molecule has 0 amide bonds. The summed E-state index contributed by atoms with van der Waals surface area (Å²) in [6.07, 6.45) is 1.74. The summed E-state index contributed by atoms with van der Waals surface area (Å²) in [6, 6.07) is 5.15. The highest BCUT2D eigenvalue weighted by Gasteiger charge is 2.15.